The third-order valence-corrected chi connectivity index (χ3v) is 5.73. The van der Waals surface area contributed by atoms with Crippen LogP contribution in [0.25, 0.3) is 22.8 Å². The zero-order chi connectivity index (χ0) is 22.9. The van der Waals surface area contributed by atoms with Crippen molar-refractivity contribution in [1.29, 1.82) is 0 Å². The second-order valence-electron chi connectivity index (χ2n) is 7.73. The van der Waals surface area contributed by atoms with Crippen LogP contribution in [0.1, 0.15) is 34.1 Å². The molecule has 0 saturated heterocycles. The number of hydrogen-bond donors (Lipinski definition) is 0. The first-order valence-electron chi connectivity index (χ1n) is 10.7. The van der Waals surface area contributed by atoms with Crippen molar-refractivity contribution in [3.8, 4) is 0 Å². The predicted molar refractivity (Wildman–Crippen MR) is 128 cm³/mol. The van der Waals surface area contributed by atoms with Crippen LogP contribution in [0.3, 0.4) is 0 Å². The van der Waals surface area contributed by atoms with Crippen molar-refractivity contribution in [3.05, 3.63) is 99.7 Å². The van der Waals surface area contributed by atoms with E-state index in [1.54, 1.807) is 14.0 Å². The van der Waals surface area contributed by atoms with Gasteiger partial charge in [0.1, 0.15) is 17.5 Å². The number of carbonyl (C=O) groups is 1. The molecule has 4 aromatic rings. The van der Waals surface area contributed by atoms with E-state index in [2.05, 4.69) is 9.97 Å². The normalized spacial score (nSPS) is 12.5. The molecule has 0 radical (unpaired) electrons. The van der Waals surface area contributed by atoms with E-state index in [1.165, 1.54) is 10.9 Å². The molecule has 3 heterocycles. The van der Waals surface area contributed by atoms with Crippen LogP contribution in [0.5, 0.6) is 0 Å². The summed E-state index contributed by atoms with van der Waals surface area (Å²) in [4.78, 5) is 37.4. The Kier molecular flexibility index (Phi) is 5.22. The molecule has 0 bridgehead atoms. The standard InChI is InChI=1S/C26H22N4O3/c1-3-33-26(32)22-23-21-19(27-16-28-24(21)29(2)25(22)31)14-20(18-12-8-5-9-13-18)30(23)15-17-10-6-4-7-11-17/h4-14,16H,3,15H2,1-2H3. The number of rotatable bonds is 5. The number of anilines is 1. The molecule has 1 aliphatic heterocycles. The third-order valence-electron chi connectivity index (χ3n) is 5.73. The summed E-state index contributed by atoms with van der Waals surface area (Å²) in [6, 6.07) is 19.8. The minimum atomic E-state index is -0.655. The van der Waals surface area contributed by atoms with Gasteiger partial charge in [-0.2, -0.15) is 0 Å². The zero-order valence-electron chi connectivity index (χ0n) is 18.4. The van der Waals surface area contributed by atoms with E-state index >= 15 is 0 Å². The Morgan fingerprint density at radius 1 is 1.00 bits per heavy atom. The molecule has 0 atom stereocenters. The molecule has 0 spiro atoms. The van der Waals surface area contributed by atoms with Crippen LogP contribution < -0.4 is 10.5 Å². The summed E-state index contributed by atoms with van der Waals surface area (Å²) >= 11 is 0. The molecule has 5 rings (SSSR count). The van der Waals surface area contributed by atoms with Crippen molar-refractivity contribution >= 4 is 34.5 Å². The van der Waals surface area contributed by atoms with Crippen molar-refractivity contribution in [2.24, 2.45) is 7.05 Å². The van der Waals surface area contributed by atoms with Crippen molar-refractivity contribution in [1.82, 2.24) is 14.5 Å². The highest BCUT2D eigenvalue weighted by Crippen LogP contribution is 2.41. The van der Waals surface area contributed by atoms with Gasteiger partial charge < -0.3 is 9.64 Å². The first-order valence-corrected chi connectivity index (χ1v) is 10.7. The van der Waals surface area contributed by atoms with E-state index < -0.39 is 11.5 Å². The van der Waals surface area contributed by atoms with Gasteiger partial charge in [-0.05, 0) is 24.1 Å². The highest BCUT2D eigenvalue weighted by atomic mass is 16.5. The van der Waals surface area contributed by atoms with Gasteiger partial charge in [-0.1, -0.05) is 60.7 Å². The smallest absolute Gasteiger partial charge is 0.345 e. The molecule has 0 aliphatic carbocycles. The SMILES string of the molecule is CCOC(=O)c1c2c3c(ncnc3n(C)c1=O)C=C(c1ccccc1)N2Cc1ccccc1. The summed E-state index contributed by atoms with van der Waals surface area (Å²) in [7, 11) is 1.61. The second-order valence-corrected chi connectivity index (χ2v) is 7.73. The summed E-state index contributed by atoms with van der Waals surface area (Å²) in [5.41, 5.74) is 3.95. The first kappa shape index (κ1) is 20.6. The maximum absolute atomic E-state index is 13.4. The topological polar surface area (TPSA) is 77.3 Å². The second kappa shape index (κ2) is 8.35. The molecule has 0 saturated carbocycles. The lowest BCUT2D eigenvalue weighted by atomic mass is 9.98. The van der Waals surface area contributed by atoms with E-state index in [0.29, 0.717) is 29.0 Å². The zero-order valence-corrected chi connectivity index (χ0v) is 18.4. The molecular weight excluding hydrogens is 416 g/mol. The molecule has 164 valence electrons. The largest absolute Gasteiger partial charge is 0.462 e. The number of carbonyl (C=O) groups excluding carboxylic acids is 1. The van der Waals surface area contributed by atoms with E-state index in [9.17, 15) is 9.59 Å². The van der Waals surface area contributed by atoms with Gasteiger partial charge in [-0.3, -0.25) is 9.36 Å². The minimum absolute atomic E-state index is 0.0136. The lowest BCUT2D eigenvalue weighted by Crippen LogP contribution is -2.34. The summed E-state index contributed by atoms with van der Waals surface area (Å²) in [5.74, 6) is -0.655. The fraction of sp³-hybridized carbons (Fsp3) is 0.154. The Morgan fingerprint density at radius 2 is 1.70 bits per heavy atom. The Balaban J connectivity index is 1.87. The van der Waals surface area contributed by atoms with Crippen LogP contribution in [0.15, 0.2) is 71.8 Å². The lowest BCUT2D eigenvalue weighted by molar-refractivity contribution is 0.0524. The van der Waals surface area contributed by atoms with Gasteiger partial charge in [-0.25, -0.2) is 14.8 Å². The fourth-order valence-corrected chi connectivity index (χ4v) is 4.23. The Hall–Kier alpha value is -4.26. The molecular formula is C26H22N4O3. The van der Waals surface area contributed by atoms with Crippen LogP contribution >= 0.6 is 0 Å². The number of aryl methyl sites for hydroxylation is 1. The molecule has 0 amide bonds. The number of pyridine rings is 1. The summed E-state index contributed by atoms with van der Waals surface area (Å²) in [6.45, 7) is 2.34. The molecule has 7 nitrogen and oxygen atoms in total. The van der Waals surface area contributed by atoms with E-state index in [0.717, 1.165) is 16.8 Å². The van der Waals surface area contributed by atoms with Gasteiger partial charge in [-0.15, -0.1) is 0 Å². The molecule has 33 heavy (non-hydrogen) atoms. The van der Waals surface area contributed by atoms with Crippen LogP contribution in [0.2, 0.25) is 0 Å². The number of aromatic nitrogens is 3. The highest BCUT2D eigenvalue weighted by Gasteiger charge is 2.33. The van der Waals surface area contributed by atoms with Gasteiger partial charge in [0, 0.05) is 13.6 Å². The third kappa shape index (κ3) is 3.47. The predicted octanol–water partition coefficient (Wildman–Crippen LogP) is 4.02. The van der Waals surface area contributed by atoms with E-state index in [1.807, 2.05) is 71.6 Å². The van der Waals surface area contributed by atoms with Gasteiger partial charge in [0.05, 0.1) is 29.1 Å². The molecule has 0 unspecified atom stereocenters. The van der Waals surface area contributed by atoms with Crippen LogP contribution in [-0.4, -0.2) is 27.1 Å². The Bertz CT molecular complexity index is 1440. The van der Waals surface area contributed by atoms with Gasteiger partial charge in [0.2, 0.25) is 0 Å². The fourth-order valence-electron chi connectivity index (χ4n) is 4.23. The quantitative estimate of drug-likeness (QED) is 0.438. The molecule has 2 aromatic heterocycles. The van der Waals surface area contributed by atoms with Crippen LogP contribution in [0, 0.1) is 0 Å². The summed E-state index contributed by atoms with van der Waals surface area (Å²) in [5, 5.41) is 0.651. The number of benzene rings is 2. The number of hydrogen-bond acceptors (Lipinski definition) is 6. The van der Waals surface area contributed by atoms with Crippen LogP contribution in [0.4, 0.5) is 5.69 Å². The van der Waals surface area contributed by atoms with Crippen LogP contribution in [-0.2, 0) is 18.3 Å². The molecule has 7 heteroatoms. The molecule has 0 N–H and O–H groups in total. The minimum Gasteiger partial charge on any atom is -0.462 e. The number of nitrogens with zero attached hydrogens (tertiary/aromatic N) is 4. The molecule has 0 fully saturated rings. The molecule has 2 aromatic carbocycles. The maximum atomic E-state index is 13.4. The first-order chi connectivity index (χ1) is 16.1. The Labute approximate surface area is 190 Å². The lowest BCUT2D eigenvalue weighted by Gasteiger charge is -2.33. The van der Waals surface area contributed by atoms with Crippen molar-refractivity contribution < 1.29 is 9.53 Å². The average molecular weight is 438 g/mol. The summed E-state index contributed by atoms with van der Waals surface area (Å²) < 4.78 is 6.71. The molecule has 1 aliphatic rings. The maximum Gasteiger partial charge on any atom is 0.345 e. The van der Waals surface area contributed by atoms with Gasteiger partial charge >= 0.3 is 5.97 Å². The summed E-state index contributed by atoms with van der Waals surface area (Å²) in [6.07, 6.45) is 3.42. The Morgan fingerprint density at radius 3 is 2.39 bits per heavy atom. The van der Waals surface area contributed by atoms with Gasteiger partial charge in [0.15, 0.2) is 0 Å². The van der Waals surface area contributed by atoms with Crippen molar-refractivity contribution in [3.63, 3.8) is 0 Å². The monoisotopic (exact) mass is 438 g/mol. The van der Waals surface area contributed by atoms with Gasteiger partial charge in [0.25, 0.3) is 5.56 Å². The van der Waals surface area contributed by atoms with E-state index in [4.69, 9.17) is 4.74 Å². The van der Waals surface area contributed by atoms with Crippen molar-refractivity contribution in [2.75, 3.05) is 11.5 Å². The average Bonchev–Trinajstić information content (AvgIpc) is 2.85. The van der Waals surface area contributed by atoms with E-state index in [-0.39, 0.29) is 12.2 Å². The number of esters is 1. The van der Waals surface area contributed by atoms with Crippen molar-refractivity contribution in [2.45, 2.75) is 13.5 Å². The number of ether oxygens (including phenoxy) is 1. The highest BCUT2D eigenvalue weighted by molar-refractivity contribution is 6.13.